The monoisotopic (exact) mass is 296 g/mol. The lowest BCUT2D eigenvalue weighted by molar-refractivity contribution is -0.384. The third-order valence-electron chi connectivity index (χ3n) is 2.58. The molecule has 21 heavy (non-hydrogen) atoms. The maximum Gasteiger partial charge on any atom is 0.433 e. The van der Waals surface area contributed by atoms with Crippen molar-refractivity contribution >= 4 is 11.5 Å². The predicted octanol–water partition coefficient (Wildman–Crippen LogP) is 3.42. The highest BCUT2D eigenvalue weighted by Gasteiger charge is 2.34. The van der Waals surface area contributed by atoms with Crippen LogP contribution < -0.4 is 5.32 Å². The molecule has 0 atom stereocenters. The van der Waals surface area contributed by atoms with Crippen molar-refractivity contribution in [2.24, 2.45) is 0 Å². The Bertz CT molecular complexity index is 645. The molecule has 2 rings (SSSR count). The van der Waals surface area contributed by atoms with Gasteiger partial charge in [0.05, 0.1) is 11.0 Å². The fourth-order valence-electron chi connectivity index (χ4n) is 1.60. The van der Waals surface area contributed by atoms with E-state index in [1.54, 1.807) is 30.3 Å². The summed E-state index contributed by atoms with van der Waals surface area (Å²) in [6, 6.07) is 11.2. The number of nitrogens with zero attached hydrogens (tertiary/aromatic N) is 2. The molecule has 0 unspecified atom stereocenters. The Hall–Kier alpha value is -2.64. The van der Waals surface area contributed by atoms with Crippen LogP contribution in [0.15, 0.2) is 36.4 Å². The SMILES string of the molecule is O=[N+]([O-])c1[c]cc(C(F)(F)F)nc1NCc1ccccc1. The lowest BCUT2D eigenvalue weighted by Gasteiger charge is -2.10. The third kappa shape index (κ3) is 3.68. The van der Waals surface area contributed by atoms with E-state index in [1.165, 1.54) is 0 Å². The first-order valence-corrected chi connectivity index (χ1v) is 5.80. The van der Waals surface area contributed by atoms with Crippen LogP contribution in [0.4, 0.5) is 24.7 Å². The standard InChI is InChI=1S/C13H9F3N3O2/c14-13(15,16)11-7-6-10(19(20)21)12(18-11)17-8-9-4-2-1-3-5-9/h1-5,7H,8H2,(H,17,18). The van der Waals surface area contributed by atoms with E-state index in [2.05, 4.69) is 10.3 Å². The Morgan fingerprint density at radius 2 is 1.95 bits per heavy atom. The Morgan fingerprint density at radius 3 is 2.52 bits per heavy atom. The molecule has 1 aromatic carbocycles. The second-order valence-corrected chi connectivity index (χ2v) is 4.08. The highest BCUT2D eigenvalue weighted by atomic mass is 19.4. The Balaban J connectivity index is 2.29. The number of nitro groups is 1. The van der Waals surface area contributed by atoms with Crippen molar-refractivity contribution in [2.45, 2.75) is 12.7 Å². The van der Waals surface area contributed by atoms with Crippen LogP contribution >= 0.6 is 0 Å². The summed E-state index contributed by atoms with van der Waals surface area (Å²) in [7, 11) is 0. The normalized spacial score (nSPS) is 11.2. The van der Waals surface area contributed by atoms with E-state index < -0.39 is 28.3 Å². The van der Waals surface area contributed by atoms with Gasteiger partial charge >= 0.3 is 11.9 Å². The highest BCUT2D eigenvalue weighted by Crippen LogP contribution is 2.31. The van der Waals surface area contributed by atoms with Crippen molar-refractivity contribution in [3.05, 3.63) is 63.8 Å². The Morgan fingerprint density at radius 1 is 1.29 bits per heavy atom. The largest absolute Gasteiger partial charge is 0.433 e. The van der Waals surface area contributed by atoms with Gasteiger partial charge in [-0.15, -0.1) is 0 Å². The number of pyridine rings is 1. The molecule has 8 heteroatoms. The molecule has 0 aliphatic carbocycles. The van der Waals surface area contributed by atoms with E-state index >= 15 is 0 Å². The van der Waals surface area contributed by atoms with Crippen LogP contribution in [0.5, 0.6) is 0 Å². The molecule has 0 amide bonds. The topological polar surface area (TPSA) is 68.1 Å². The van der Waals surface area contributed by atoms with Crippen LogP contribution in [0.25, 0.3) is 0 Å². The van der Waals surface area contributed by atoms with E-state index in [0.717, 1.165) is 5.56 Å². The van der Waals surface area contributed by atoms with Crippen molar-refractivity contribution in [1.82, 2.24) is 4.98 Å². The smallest absolute Gasteiger partial charge is 0.360 e. The van der Waals surface area contributed by atoms with Gasteiger partial charge in [0, 0.05) is 6.54 Å². The molecule has 2 aromatic rings. The van der Waals surface area contributed by atoms with Crippen LogP contribution in [0.3, 0.4) is 0 Å². The summed E-state index contributed by atoms with van der Waals surface area (Å²) in [5, 5.41) is 13.3. The average molecular weight is 296 g/mol. The molecule has 0 saturated carbocycles. The molecule has 0 aliphatic heterocycles. The number of hydrogen-bond donors (Lipinski definition) is 1. The fraction of sp³-hybridized carbons (Fsp3) is 0.154. The van der Waals surface area contributed by atoms with Gasteiger partial charge in [-0.3, -0.25) is 10.1 Å². The quantitative estimate of drug-likeness (QED) is 0.693. The number of rotatable bonds is 4. The van der Waals surface area contributed by atoms with E-state index in [4.69, 9.17) is 0 Å². The van der Waals surface area contributed by atoms with Gasteiger partial charge in [0.25, 0.3) is 0 Å². The van der Waals surface area contributed by atoms with Gasteiger partial charge in [-0.25, -0.2) is 4.98 Å². The number of hydrogen-bond acceptors (Lipinski definition) is 4. The number of anilines is 1. The minimum Gasteiger partial charge on any atom is -0.360 e. The number of halogens is 3. The number of nitrogens with one attached hydrogen (secondary N) is 1. The van der Waals surface area contributed by atoms with Crippen molar-refractivity contribution in [3.8, 4) is 0 Å². The zero-order chi connectivity index (χ0) is 15.5. The summed E-state index contributed by atoms with van der Waals surface area (Å²) in [6.07, 6.45) is -4.69. The third-order valence-corrected chi connectivity index (χ3v) is 2.58. The van der Waals surface area contributed by atoms with E-state index in [9.17, 15) is 23.3 Å². The minimum absolute atomic E-state index is 0.115. The molecule has 5 nitrogen and oxygen atoms in total. The molecule has 1 heterocycles. The van der Waals surface area contributed by atoms with Crippen molar-refractivity contribution in [1.29, 1.82) is 0 Å². The van der Waals surface area contributed by atoms with Gasteiger partial charge in [0.15, 0.2) is 0 Å². The van der Waals surface area contributed by atoms with Crippen LogP contribution in [0, 0.1) is 16.2 Å². The summed E-state index contributed by atoms with van der Waals surface area (Å²) >= 11 is 0. The first-order chi connectivity index (χ1) is 9.88. The van der Waals surface area contributed by atoms with Crippen molar-refractivity contribution in [2.75, 3.05) is 5.32 Å². The van der Waals surface area contributed by atoms with Gasteiger partial charge in [-0.2, -0.15) is 13.2 Å². The van der Waals surface area contributed by atoms with Gasteiger partial charge < -0.3 is 5.32 Å². The van der Waals surface area contributed by atoms with Crippen molar-refractivity contribution in [3.63, 3.8) is 0 Å². The van der Waals surface area contributed by atoms with Crippen LogP contribution in [-0.4, -0.2) is 9.91 Å². The number of benzene rings is 1. The molecule has 1 aromatic heterocycles. The molecule has 1 radical (unpaired) electrons. The molecule has 0 aliphatic rings. The van der Waals surface area contributed by atoms with Crippen LogP contribution in [0.1, 0.15) is 11.3 Å². The lowest BCUT2D eigenvalue weighted by Crippen LogP contribution is -2.12. The van der Waals surface area contributed by atoms with Gasteiger partial charge in [0.1, 0.15) is 5.69 Å². The molecule has 1 N–H and O–H groups in total. The number of aromatic nitrogens is 1. The first-order valence-electron chi connectivity index (χ1n) is 5.80. The summed E-state index contributed by atoms with van der Waals surface area (Å²) in [4.78, 5) is 13.2. The van der Waals surface area contributed by atoms with Gasteiger partial charge in [-0.1, -0.05) is 30.3 Å². The van der Waals surface area contributed by atoms with E-state index in [1.807, 2.05) is 6.07 Å². The second kappa shape index (κ2) is 5.78. The summed E-state index contributed by atoms with van der Waals surface area (Å²) in [6.45, 7) is 0.115. The highest BCUT2D eigenvalue weighted by molar-refractivity contribution is 5.55. The van der Waals surface area contributed by atoms with E-state index in [0.29, 0.717) is 6.07 Å². The fourth-order valence-corrected chi connectivity index (χ4v) is 1.60. The lowest BCUT2D eigenvalue weighted by atomic mass is 10.2. The average Bonchev–Trinajstić information content (AvgIpc) is 2.45. The van der Waals surface area contributed by atoms with Crippen LogP contribution in [-0.2, 0) is 12.7 Å². The van der Waals surface area contributed by atoms with Crippen molar-refractivity contribution < 1.29 is 18.1 Å². The number of alkyl halides is 3. The van der Waals surface area contributed by atoms with Gasteiger partial charge in [-0.05, 0) is 11.6 Å². The molecular formula is C13H9F3N3O2. The predicted molar refractivity (Wildman–Crippen MR) is 68.5 cm³/mol. The minimum atomic E-state index is -4.69. The zero-order valence-electron chi connectivity index (χ0n) is 10.5. The summed E-state index contributed by atoms with van der Waals surface area (Å²) in [5.74, 6) is -0.460. The van der Waals surface area contributed by atoms with Crippen LogP contribution in [0.2, 0.25) is 0 Å². The second-order valence-electron chi connectivity index (χ2n) is 4.08. The molecule has 0 spiro atoms. The summed E-state index contributed by atoms with van der Waals surface area (Å²) < 4.78 is 37.8. The Kier molecular flexibility index (Phi) is 4.06. The molecule has 0 bridgehead atoms. The van der Waals surface area contributed by atoms with E-state index in [-0.39, 0.29) is 6.54 Å². The Labute approximate surface area is 117 Å². The van der Waals surface area contributed by atoms with Gasteiger partial charge in [0.2, 0.25) is 5.82 Å². The molecule has 109 valence electrons. The molecule has 0 saturated heterocycles. The molecule has 0 fully saturated rings. The summed E-state index contributed by atoms with van der Waals surface area (Å²) in [5.41, 5.74) is -1.10. The maximum atomic E-state index is 12.6. The molecular weight excluding hydrogens is 287 g/mol. The first kappa shape index (κ1) is 14.8. The zero-order valence-corrected chi connectivity index (χ0v) is 10.5. The maximum absolute atomic E-state index is 12.6.